The van der Waals surface area contributed by atoms with Crippen LogP contribution in [0.3, 0.4) is 0 Å². The topological polar surface area (TPSA) is 23.6 Å². The van der Waals surface area contributed by atoms with Crippen LogP contribution in [-0.4, -0.2) is 12.8 Å². The summed E-state index contributed by atoms with van der Waals surface area (Å²) in [6.07, 6.45) is 28.3. The van der Waals surface area contributed by atoms with Gasteiger partial charge in [0.2, 0.25) is 0 Å². The molecule has 54 heavy (non-hydrogen) atoms. The number of para-hydroxylation sites is 2. The zero-order valence-electron chi connectivity index (χ0n) is 33.2. The minimum absolute atomic E-state index is 0.645. The number of carbonyl (C=O) groups is 1. The van der Waals surface area contributed by atoms with Crippen LogP contribution < -0.4 is 9.80 Å². The second kappa shape index (κ2) is 21.8. The van der Waals surface area contributed by atoms with E-state index in [-0.39, 0.29) is 0 Å². The summed E-state index contributed by atoms with van der Waals surface area (Å²) in [7, 11) is 0. The van der Waals surface area contributed by atoms with Crippen molar-refractivity contribution in [2.75, 3.05) is 16.3 Å². The fourth-order valence-corrected chi connectivity index (χ4v) is 10.6. The van der Waals surface area contributed by atoms with Crippen molar-refractivity contribution in [2.24, 2.45) is 5.92 Å². The van der Waals surface area contributed by atoms with Crippen LogP contribution in [0.5, 0.6) is 0 Å². The second-order valence-electron chi connectivity index (χ2n) is 15.7. The van der Waals surface area contributed by atoms with Gasteiger partial charge in [0.25, 0.3) is 0 Å². The van der Waals surface area contributed by atoms with Gasteiger partial charge in [-0.15, -0.1) is 0 Å². The first-order valence-corrected chi connectivity index (χ1v) is 23.2. The molecule has 2 aliphatic heterocycles. The van der Waals surface area contributed by atoms with E-state index in [9.17, 15) is 4.79 Å². The van der Waals surface area contributed by atoms with Crippen molar-refractivity contribution in [3.05, 3.63) is 90.5 Å². The highest BCUT2D eigenvalue weighted by Crippen LogP contribution is 2.54. The van der Waals surface area contributed by atoms with E-state index in [0.717, 1.165) is 18.4 Å². The molecule has 1 unspecified atom stereocenters. The van der Waals surface area contributed by atoms with Crippen LogP contribution in [0, 0.1) is 5.92 Å². The summed E-state index contributed by atoms with van der Waals surface area (Å²) in [5, 5.41) is 0. The van der Waals surface area contributed by atoms with Crippen LogP contribution in [0.15, 0.2) is 105 Å². The Hall–Kier alpha value is -3.15. The molecule has 3 nitrogen and oxygen atoms in total. The summed E-state index contributed by atoms with van der Waals surface area (Å²) in [6.45, 7) is 5.64. The van der Waals surface area contributed by atoms with Crippen molar-refractivity contribution in [2.45, 2.75) is 162 Å². The molecule has 0 fully saturated rings. The molecule has 0 aromatic heterocycles. The highest BCUT2D eigenvalue weighted by molar-refractivity contribution is 8.00. The number of nitrogens with zero attached hydrogens (tertiary/aromatic N) is 2. The minimum Gasteiger partial charge on any atom is -0.339 e. The summed E-state index contributed by atoms with van der Waals surface area (Å²) in [5.41, 5.74) is 6.93. The Bertz CT molecular complexity index is 1710. The molecule has 0 aliphatic carbocycles. The van der Waals surface area contributed by atoms with E-state index in [1.807, 2.05) is 29.6 Å². The van der Waals surface area contributed by atoms with E-state index in [1.165, 1.54) is 176 Å². The summed E-state index contributed by atoms with van der Waals surface area (Å²) >= 11 is 3.67. The van der Waals surface area contributed by atoms with E-state index < -0.39 is 0 Å². The predicted molar refractivity (Wildman–Crippen MR) is 235 cm³/mol. The van der Waals surface area contributed by atoms with Gasteiger partial charge in [0.1, 0.15) is 6.29 Å². The number of unbranched alkanes of at least 4 members (excludes halogenated alkanes) is 16. The van der Waals surface area contributed by atoms with Crippen molar-refractivity contribution in [1.82, 2.24) is 0 Å². The molecule has 0 spiro atoms. The standard InChI is InChI=1S/C49H64N2OS2/c1-3-5-7-9-11-13-14-16-18-20-26-39(25-19-17-15-12-10-8-6-4-2)37-50-42-33-31-40(38-52)35-48(42)54-49-36-41(32-34-43(49)50)51-44-27-21-23-29-46(44)53-47-30-24-22-28-45(47)51/h21-24,27-36,38-39H,3-20,25-26,37H2,1-2H3. The number of hydrogen-bond acceptors (Lipinski definition) is 5. The largest absolute Gasteiger partial charge is 0.339 e. The van der Waals surface area contributed by atoms with Gasteiger partial charge < -0.3 is 9.80 Å². The average molecular weight is 761 g/mol. The van der Waals surface area contributed by atoms with Gasteiger partial charge in [-0.1, -0.05) is 177 Å². The van der Waals surface area contributed by atoms with Crippen LogP contribution in [0.4, 0.5) is 28.4 Å². The Kier molecular flexibility index (Phi) is 16.4. The Balaban J connectivity index is 1.20. The Morgan fingerprint density at radius 2 is 0.963 bits per heavy atom. The molecule has 2 heterocycles. The van der Waals surface area contributed by atoms with Crippen molar-refractivity contribution in [1.29, 1.82) is 0 Å². The number of anilines is 5. The molecule has 2 aliphatic rings. The van der Waals surface area contributed by atoms with Crippen molar-refractivity contribution >= 4 is 58.2 Å². The molecule has 0 bridgehead atoms. The quantitative estimate of drug-likeness (QED) is 0.0460. The fraction of sp³-hybridized carbons (Fsp3) is 0.490. The molecule has 0 saturated heterocycles. The summed E-state index contributed by atoms with van der Waals surface area (Å²) in [4.78, 5) is 22.0. The summed E-state index contributed by atoms with van der Waals surface area (Å²) < 4.78 is 0. The number of carbonyl (C=O) groups excluding carboxylic acids is 1. The number of aldehydes is 1. The first-order chi connectivity index (χ1) is 26.7. The zero-order chi connectivity index (χ0) is 37.4. The lowest BCUT2D eigenvalue weighted by atomic mass is 9.93. The molecule has 4 aromatic rings. The maximum Gasteiger partial charge on any atom is 0.150 e. The highest BCUT2D eigenvalue weighted by Gasteiger charge is 2.29. The molecule has 0 N–H and O–H groups in total. The Morgan fingerprint density at radius 3 is 1.50 bits per heavy atom. The molecule has 288 valence electrons. The van der Waals surface area contributed by atoms with Gasteiger partial charge in [-0.3, -0.25) is 4.79 Å². The third-order valence-electron chi connectivity index (χ3n) is 11.4. The number of rotatable bonds is 24. The zero-order valence-corrected chi connectivity index (χ0v) is 34.8. The van der Waals surface area contributed by atoms with E-state index in [1.54, 1.807) is 0 Å². The maximum absolute atomic E-state index is 12.0. The smallest absolute Gasteiger partial charge is 0.150 e. The van der Waals surface area contributed by atoms with Crippen molar-refractivity contribution < 1.29 is 4.79 Å². The first-order valence-electron chi connectivity index (χ1n) is 21.5. The van der Waals surface area contributed by atoms with Gasteiger partial charge >= 0.3 is 0 Å². The molecule has 0 radical (unpaired) electrons. The van der Waals surface area contributed by atoms with Crippen molar-refractivity contribution in [3.63, 3.8) is 0 Å². The summed E-state index contributed by atoms with van der Waals surface area (Å²) in [6, 6.07) is 30.9. The molecule has 4 aromatic carbocycles. The second-order valence-corrected chi connectivity index (χ2v) is 17.9. The SMILES string of the molecule is CCCCCCCCCCCCC(CCCCCCCCCC)CN1c2ccc(C=O)cc2Sc2cc(N3c4ccccc4Sc4ccccc43)ccc21. The normalized spacial score (nSPS) is 13.6. The van der Waals surface area contributed by atoms with Crippen LogP contribution >= 0.6 is 23.5 Å². The van der Waals surface area contributed by atoms with Gasteiger partial charge in [0.15, 0.2) is 0 Å². The number of hydrogen-bond donors (Lipinski definition) is 0. The van der Waals surface area contributed by atoms with E-state index >= 15 is 0 Å². The fourth-order valence-electron chi connectivity index (χ4n) is 8.36. The van der Waals surface area contributed by atoms with Crippen LogP contribution in [-0.2, 0) is 0 Å². The lowest BCUT2D eigenvalue weighted by Gasteiger charge is -2.37. The molecule has 5 heteroatoms. The van der Waals surface area contributed by atoms with E-state index in [0.29, 0.717) is 5.92 Å². The lowest BCUT2D eigenvalue weighted by molar-refractivity contribution is 0.112. The van der Waals surface area contributed by atoms with Crippen molar-refractivity contribution in [3.8, 4) is 0 Å². The van der Waals surface area contributed by atoms with Crippen LogP contribution in [0.25, 0.3) is 0 Å². The van der Waals surface area contributed by atoms with E-state index in [2.05, 4.69) is 103 Å². The van der Waals surface area contributed by atoms with Gasteiger partial charge in [-0.05, 0) is 79.4 Å². The predicted octanol–water partition coefficient (Wildman–Crippen LogP) is 16.5. The molecule has 1 atom stereocenters. The first kappa shape index (κ1) is 40.5. The summed E-state index contributed by atoms with van der Waals surface area (Å²) in [5.74, 6) is 0.645. The molecule has 0 saturated carbocycles. The van der Waals surface area contributed by atoms with Crippen LogP contribution in [0.2, 0.25) is 0 Å². The Labute approximate surface area is 336 Å². The van der Waals surface area contributed by atoms with Gasteiger partial charge in [-0.2, -0.15) is 0 Å². The highest BCUT2D eigenvalue weighted by atomic mass is 32.2. The number of benzene rings is 4. The van der Waals surface area contributed by atoms with Gasteiger partial charge in [0, 0.05) is 37.4 Å². The molecular weight excluding hydrogens is 697 g/mol. The average Bonchev–Trinajstić information content (AvgIpc) is 3.20. The van der Waals surface area contributed by atoms with Gasteiger partial charge in [-0.25, -0.2) is 0 Å². The lowest BCUT2D eigenvalue weighted by Crippen LogP contribution is -2.28. The third kappa shape index (κ3) is 11.0. The maximum atomic E-state index is 12.0. The third-order valence-corrected chi connectivity index (χ3v) is 13.7. The van der Waals surface area contributed by atoms with Gasteiger partial charge in [0.05, 0.1) is 22.7 Å². The minimum atomic E-state index is 0.645. The monoisotopic (exact) mass is 760 g/mol. The number of fused-ring (bicyclic) bond motifs is 4. The molecular formula is C49H64N2OS2. The molecule has 0 amide bonds. The van der Waals surface area contributed by atoms with E-state index in [4.69, 9.17) is 0 Å². The molecule has 6 rings (SSSR count). The Morgan fingerprint density at radius 1 is 0.500 bits per heavy atom. The van der Waals surface area contributed by atoms with Crippen LogP contribution in [0.1, 0.15) is 153 Å².